The molecule has 1 aromatic rings. The molecular formula is C10H14ClN3O. The zero-order valence-electron chi connectivity index (χ0n) is 9.07. The lowest BCUT2D eigenvalue weighted by atomic mass is 10.0. The molecule has 0 amide bonds. The zero-order valence-corrected chi connectivity index (χ0v) is 9.82. The number of hydrogen-bond donors (Lipinski definition) is 0. The van der Waals surface area contributed by atoms with Gasteiger partial charge >= 0.3 is 0 Å². The summed E-state index contributed by atoms with van der Waals surface area (Å²) in [4.78, 5) is 5.26. The number of aromatic nitrogens is 2. The first kappa shape index (κ1) is 10.5. The van der Waals surface area contributed by atoms with Crippen LogP contribution in [0.15, 0.2) is 11.4 Å². The second-order valence-electron chi connectivity index (χ2n) is 3.83. The Balaban J connectivity index is 2.18. The summed E-state index contributed by atoms with van der Waals surface area (Å²) in [5.74, 6) is 0. The normalized spacial score (nSPS) is 22.4. The van der Waals surface area contributed by atoms with Crippen molar-refractivity contribution < 1.29 is 4.84 Å². The fraction of sp³-hybridized carbons (Fsp3) is 0.600. The molecule has 0 aliphatic carbocycles. The van der Waals surface area contributed by atoms with Gasteiger partial charge in [-0.1, -0.05) is 5.16 Å². The van der Waals surface area contributed by atoms with Crippen LogP contribution in [0.25, 0.3) is 0 Å². The second-order valence-corrected chi connectivity index (χ2v) is 4.52. The summed E-state index contributed by atoms with van der Waals surface area (Å²) in [7, 11) is 1.91. The van der Waals surface area contributed by atoms with Gasteiger partial charge < -0.3 is 4.84 Å². The third kappa shape index (κ3) is 1.86. The highest BCUT2D eigenvalue weighted by molar-refractivity contribution is 6.21. The summed E-state index contributed by atoms with van der Waals surface area (Å²) < 4.78 is 1.83. The van der Waals surface area contributed by atoms with Gasteiger partial charge in [-0.3, -0.25) is 4.68 Å². The Labute approximate surface area is 93.9 Å². The van der Waals surface area contributed by atoms with E-state index in [0.717, 1.165) is 23.4 Å². The largest absolute Gasteiger partial charge is 0.390 e. The highest BCUT2D eigenvalue weighted by atomic mass is 35.5. The molecule has 2 atom stereocenters. The monoisotopic (exact) mass is 227 g/mol. The van der Waals surface area contributed by atoms with Gasteiger partial charge in [0.25, 0.3) is 0 Å². The zero-order chi connectivity index (χ0) is 11.0. The van der Waals surface area contributed by atoms with E-state index in [-0.39, 0.29) is 11.5 Å². The molecule has 1 aliphatic heterocycles. The van der Waals surface area contributed by atoms with E-state index in [1.165, 1.54) is 0 Å². The van der Waals surface area contributed by atoms with Crippen LogP contribution in [-0.4, -0.2) is 27.0 Å². The number of halogens is 1. The average molecular weight is 228 g/mol. The summed E-state index contributed by atoms with van der Waals surface area (Å²) in [6.45, 7) is 3.93. The van der Waals surface area contributed by atoms with Gasteiger partial charge in [0.15, 0.2) is 0 Å². The van der Waals surface area contributed by atoms with E-state index in [1.54, 1.807) is 0 Å². The Hall–Kier alpha value is -1.03. The van der Waals surface area contributed by atoms with Crippen LogP contribution in [0, 0.1) is 6.92 Å². The van der Waals surface area contributed by atoms with Crippen molar-refractivity contribution in [2.24, 2.45) is 12.2 Å². The number of rotatable bonds is 2. The molecule has 0 fully saturated rings. The highest BCUT2D eigenvalue weighted by Gasteiger charge is 2.27. The summed E-state index contributed by atoms with van der Waals surface area (Å²) in [6, 6.07) is 0. The van der Waals surface area contributed by atoms with E-state index >= 15 is 0 Å². The van der Waals surface area contributed by atoms with Crippen molar-refractivity contribution in [3.8, 4) is 0 Å². The molecule has 1 aromatic heterocycles. The van der Waals surface area contributed by atoms with E-state index in [1.807, 2.05) is 31.8 Å². The van der Waals surface area contributed by atoms with Crippen LogP contribution in [0.4, 0.5) is 0 Å². The minimum atomic E-state index is -0.0248. The highest BCUT2D eigenvalue weighted by Crippen LogP contribution is 2.22. The first-order valence-electron chi connectivity index (χ1n) is 4.95. The minimum Gasteiger partial charge on any atom is -0.390 e. The maximum absolute atomic E-state index is 5.96. The van der Waals surface area contributed by atoms with Crippen molar-refractivity contribution in [3.05, 3.63) is 17.5 Å². The molecule has 4 nitrogen and oxygen atoms in total. The first-order valence-corrected chi connectivity index (χ1v) is 5.39. The quantitative estimate of drug-likeness (QED) is 0.724. The van der Waals surface area contributed by atoms with Gasteiger partial charge in [-0.15, -0.1) is 11.6 Å². The molecular weight excluding hydrogens is 214 g/mol. The molecule has 5 heteroatoms. The van der Waals surface area contributed by atoms with E-state index in [0.29, 0.717) is 0 Å². The third-order valence-electron chi connectivity index (χ3n) is 2.75. The van der Waals surface area contributed by atoms with E-state index in [2.05, 4.69) is 10.3 Å². The van der Waals surface area contributed by atoms with Gasteiger partial charge in [-0.05, 0) is 13.8 Å². The molecule has 2 rings (SSSR count). The first-order chi connectivity index (χ1) is 7.09. The van der Waals surface area contributed by atoms with Crippen LogP contribution < -0.4 is 0 Å². The summed E-state index contributed by atoms with van der Waals surface area (Å²) >= 11 is 5.96. The van der Waals surface area contributed by atoms with Crippen LogP contribution in [-0.2, 0) is 11.9 Å². The van der Waals surface area contributed by atoms with Crippen molar-refractivity contribution in [2.45, 2.75) is 31.7 Å². The Morgan fingerprint density at radius 1 is 1.67 bits per heavy atom. The molecule has 2 heterocycles. The molecule has 2 unspecified atom stereocenters. The predicted octanol–water partition coefficient (Wildman–Crippen LogP) is 1.85. The maximum Gasteiger partial charge on any atom is 0.149 e. The lowest BCUT2D eigenvalue weighted by Crippen LogP contribution is -2.18. The molecule has 82 valence electrons. The number of nitrogens with zero attached hydrogens (tertiary/aromatic N) is 3. The van der Waals surface area contributed by atoms with Gasteiger partial charge in [0.1, 0.15) is 6.10 Å². The van der Waals surface area contributed by atoms with Gasteiger partial charge in [-0.2, -0.15) is 5.10 Å². The smallest absolute Gasteiger partial charge is 0.149 e. The van der Waals surface area contributed by atoms with E-state index in [4.69, 9.17) is 16.4 Å². The maximum atomic E-state index is 5.96. The van der Waals surface area contributed by atoms with E-state index in [9.17, 15) is 0 Å². The van der Waals surface area contributed by atoms with Gasteiger partial charge in [0.2, 0.25) is 0 Å². The molecule has 0 radical (unpaired) electrons. The topological polar surface area (TPSA) is 39.4 Å². The van der Waals surface area contributed by atoms with Crippen LogP contribution in [0.1, 0.15) is 24.6 Å². The van der Waals surface area contributed by atoms with Crippen molar-refractivity contribution in [1.29, 1.82) is 0 Å². The number of alkyl halides is 1. The van der Waals surface area contributed by atoms with Crippen molar-refractivity contribution >= 4 is 17.3 Å². The lowest BCUT2D eigenvalue weighted by molar-refractivity contribution is 0.0855. The molecule has 1 aliphatic rings. The third-order valence-corrected chi connectivity index (χ3v) is 3.03. The number of oxime groups is 1. The Kier molecular flexibility index (Phi) is 2.69. The number of hydrogen-bond acceptors (Lipinski definition) is 3. The average Bonchev–Trinajstić information content (AvgIpc) is 2.76. The molecule has 0 N–H and O–H groups in total. The fourth-order valence-corrected chi connectivity index (χ4v) is 1.72. The minimum absolute atomic E-state index is 0.0127. The number of aryl methyl sites for hydroxylation is 1. The van der Waals surface area contributed by atoms with E-state index < -0.39 is 0 Å². The molecule has 0 aromatic carbocycles. The van der Waals surface area contributed by atoms with Crippen molar-refractivity contribution in [2.75, 3.05) is 0 Å². The van der Waals surface area contributed by atoms with Crippen LogP contribution in [0.2, 0.25) is 0 Å². The van der Waals surface area contributed by atoms with Crippen molar-refractivity contribution in [1.82, 2.24) is 9.78 Å². The van der Waals surface area contributed by atoms with Crippen LogP contribution in [0.3, 0.4) is 0 Å². The lowest BCUT2D eigenvalue weighted by Gasteiger charge is -2.08. The van der Waals surface area contributed by atoms with Gasteiger partial charge in [-0.25, -0.2) is 0 Å². The molecule has 0 saturated carbocycles. The Bertz CT molecular complexity index is 397. The summed E-state index contributed by atoms with van der Waals surface area (Å²) in [5, 5.41) is 8.21. The van der Waals surface area contributed by atoms with Gasteiger partial charge in [0, 0.05) is 24.7 Å². The van der Waals surface area contributed by atoms with Crippen LogP contribution >= 0.6 is 11.6 Å². The molecule has 0 saturated heterocycles. The second kappa shape index (κ2) is 3.85. The molecule has 0 spiro atoms. The predicted molar refractivity (Wildman–Crippen MR) is 59.3 cm³/mol. The summed E-state index contributed by atoms with van der Waals surface area (Å²) in [6.07, 6.45) is 2.57. The molecule has 0 bridgehead atoms. The standard InChI is InChI=1S/C10H14ClN3O/c1-6(11)10-4-9(13-15-10)8-5-12-14(3)7(8)2/h5-6,10H,4H2,1-3H3. The SMILES string of the molecule is Cc1c(C2=NOC(C(C)Cl)C2)cnn1C. The Morgan fingerprint density at radius 3 is 2.87 bits per heavy atom. The molecule has 15 heavy (non-hydrogen) atoms. The van der Waals surface area contributed by atoms with Crippen LogP contribution in [0.5, 0.6) is 0 Å². The fourth-order valence-electron chi connectivity index (χ4n) is 1.58. The summed E-state index contributed by atoms with van der Waals surface area (Å²) in [5.41, 5.74) is 3.09. The Morgan fingerprint density at radius 2 is 2.40 bits per heavy atom. The van der Waals surface area contributed by atoms with Crippen molar-refractivity contribution in [3.63, 3.8) is 0 Å². The van der Waals surface area contributed by atoms with Gasteiger partial charge in [0.05, 0.1) is 17.3 Å².